The lowest BCUT2D eigenvalue weighted by Gasteiger charge is -2.26. The van der Waals surface area contributed by atoms with Crippen LogP contribution in [0.15, 0.2) is 0 Å². The van der Waals surface area contributed by atoms with E-state index < -0.39 is 0 Å². The highest BCUT2D eigenvalue weighted by Gasteiger charge is 2.21. The van der Waals surface area contributed by atoms with Crippen LogP contribution < -0.4 is 5.32 Å². The standard InChI is InChI=1S/C15H27N3OS/c1-11(16-14-6-5-9-20-10-14)15-12(2)17-18(13(15)3)7-8-19-4/h11,14,16H,5-10H2,1-4H3/t11-,14-/m0/s1. The first-order chi connectivity index (χ1) is 9.63. The Kier molecular flexibility index (Phi) is 5.93. The maximum atomic E-state index is 5.15. The minimum absolute atomic E-state index is 0.370. The van der Waals surface area contributed by atoms with E-state index in [0.29, 0.717) is 18.7 Å². The van der Waals surface area contributed by atoms with Crippen LogP contribution in [0.1, 0.15) is 42.8 Å². The summed E-state index contributed by atoms with van der Waals surface area (Å²) in [5, 5.41) is 8.43. The highest BCUT2D eigenvalue weighted by molar-refractivity contribution is 7.99. The summed E-state index contributed by atoms with van der Waals surface area (Å²) < 4.78 is 7.22. The molecule has 114 valence electrons. The minimum atomic E-state index is 0.370. The van der Waals surface area contributed by atoms with Crippen LogP contribution in [0.3, 0.4) is 0 Å². The van der Waals surface area contributed by atoms with Crippen LogP contribution in [0.5, 0.6) is 0 Å². The molecule has 0 radical (unpaired) electrons. The van der Waals surface area contributed by atoms with Gasteiger partial charge in [0, 0.05) is 36.2 Å². The number of nitrogens with one attached hydrogen (secondary N) is 1. The predicted octanol–water partition coefficient (Wildman–Crippen LogP) is 2.69. The van der Waals surface area contributed by atoms with Crippen molar-refractivity contribution in [3.05, 3.63) is 17.0 Å². The molecule has 1 fully saturated rings. The lowest BCUT2D eigenvalue weighted by Crippen LogP contribution is -2.36. The lowest BCUT2D eigenvalue weighted by atomic mass is 10.0. The number of nitrogens with zero attached hydrogens (tertiary/aromatic N) is 2. The topological polar surface area (TPSA) is 39.1 Å². The Morgan fingerprint density at radius 3 is 2.95 bits per heavy atom. The largest absolute Gasteiger partial charge is 0.383 e. The molecule has 0 bridgehead atoms. The van der Waals surface area contributed by atoms with E-state index in [0.717, 1.165) is 12.2 Å². The summed E-state index contributed by atoms with van der Waals surface area (Å²) in [4.78, 5) is 0. The van der Waals surface area contributed by atoms with Crippen molar-refractivity contribution in [2.75, 3.05) is 25.2 Å². The van der Waals surface area contributed by atoms with Crippen molar-refractivity contribution in [1.29, 1.82) is 0 Å². The number of thioether (sulfide) groups is 1. The van der Waals surface area contributed by atoms with E-state index in [1.807, 2.05) is 0 Å². The van der Waals surface area contributed by atoms with Crippen molar-refractivity contribution in [2.45, 2.75) is 52.2 Å². The third-order valence-electron chi connectivity index (χ3n) is 4.02. The third-order valence-corrected chi connectivity index (χ3v) is 5.24. The minimum Gasteiger partial charge on any atom is -0.383 e. The summed E-state index contributed by atoms with van der Waals surface area (Å²) in [7, 11) is 1.73. The molecule has 20 heavy (non-hydrogen) atoms. The van der Waals surface area contributed by atoms with Gasteiger partial charge in [0.05, 0.1) is 18.8 Å². The summed E-state index contributed by atoms with van der Waals surface area (Å²) in [6.07, 6.45) is 2.63. The molecule has 1 aliphatic heterocycles. The number of aryl methyl sites for hydroxylation is 1. The highest BCUT2D eigenvalue weighted by Crippen LogP contribution is 2.24. The van der Waals surface area contributed by atoms with Crippen molar-refractivity contribution < 1.29 is 4.74 Å². The molecule has 1 aromatic heterocycles. The first-order valence-electron chi connectivity index (χ1n) is 7.50. The van der Waals surface area contributed by atoms with Gasteiger partial charge in [0.1, 0.15) is 0 Å². The molecule has 0 unspecified atom stereocenters. The summed E-state index contributed by atoms with van der Waals surface area (Å²) in [5.74, 6) is 2.56. The molecule has 1 aromatic rings. The fourth-order valence-corrected chi connectivity index (χ4v) is 4.13. The van der Waals surface area contributed by atoms with Gasteiger partial charge >= 0.3 is 0 Å². The quantitative estimate of drug-likeness (QED) is 0.876. The van der Waals surface area contributed by atoms with Gasteiger partial charge in [-0.05, 0) is 39.4 Å². The SMILES string of the molecule is COCCn1nc(C)c([C@H](C)N[C@H]2CCCSC2)c1C. The van der Waals surface area contributed by atoms with Crippen molar-refractivity contribution >= 4 is 11.8 Å². The molecule has 1 saturated heterocycles. The first kappa shape index (κ1) is 15.9. The summed E-state index contributed by atoms with van der Waals surface area (Å²) in [5.41, 5.74) is 3.77. The number of hydrogen-bond acceptors (Lipinski definition) is 4. The molecule has 2 heterocycles. The van der Waals surface area contributed by atoms with Crippen molar-refractivity contribution in [3.63, 3.8) is 0 Å². The van der Waals surface area contributed by atoms with Crippen molar-refractivity contribution in [2.24, 2.45) is 0 Å². The Morgan fingerprint density at radius 1 is 1.50 bits per heavy atom. The predicted molar refractivity (Wildman–Crippen MR) is 85.5 cm³/mol. The summed E-state index contributed by atoms with van der Waals surface area (Å²) in [6.45, 7) is 8.08. The second-order valence-electron chi connectivity index (χ2n) is 5.60. The molecule has 0 aliphatic carbocycles. The zero-order valence-corrected chi connectivity index (χ0v) is 13.9. The van der Waals surface area contributed by atoms with Gasteiger partial charge < -0.3 is 10.1 Å². The smallest absolute Gasteiger partial charge is 0.0658 e. The van der Waals surface area contributed by atoms with Gasteiger partial charge in [-0.3, -0.25) is 4.68 Å². The Bertz CT molecular complexity index is 427. The van der Waals surface area contributed by atoms with E-state index in [1.54, 1.807) is 7.11 Å². The zero-order valence-electron chi connectivity index (χ0n) is 13.1. The van der Waals surface area contributed by atoms with Crippen LogP contribution in [-0.2, 0) is 11.3 Å². The van der Waals surface area contributed by atoms with Crippen molar-refractivity contribution in [3.8, 4) is 0 Å². The molecule has 5 heteroatoms. The first-order valence-corrected chi connectivity index (χ1v) is 8.65. The lowest BCUT2D eigenvalue weighted by molar-refractivity contribution is 0.182. The van der Waals surface area contributed by atoms with Gasteiger partial charge in [-0.15, -0.1) is 0 Å². The zero-order chi connectivity index (χ0) is 14.5. The van der Waals surface area contributed by atoms with E-state index >= 15 is 0 Å². The maximum Gasteiger partial charge on any atom is 0.0658 e. The molecular formula is C15H27N3OS. The van der Waals surface area contributed by atoms with Gasteiger partial charge in [-0.25, -0.2) is 0 Å². The van der Waals surface area contributed by atoms with E-state index in [-0.39, 0.29) is 0 Å². The van der Waals surface area contributed by atoms with E-state index in [4.69, 9.17) is 4.74 Å². The highest BCUT2D eigenvalue weighted by atomic mass is 32.2. The molecular weight excluding hydrogens is 270 g/mol. The van der Waals surface area contributed by atoms with Crippen molar-refractivity contribution in [1.82, 2.24) is 15.1 Å². The average molecular weight is 297 g/mol. The van der Waals surface area contributed by atoms with E-state index in [9.17, 15) is 0 Å². The molecule has 0 spiro atoms. The van der Waals surface area contributed by atoms with Crippen LogP contribution in [0, 0.1) is 13.8 Å². The average Bonchev–Trinajstić information content (AvgIpc) is 2.72. The summed E-state index contributed by atoms with van der Waals surface area (Å²) in [6, 6.07) is 1.01. The molecule has 1 aliphatic rings. The molecule has 2 atom stereocenters. The molecule has 1 N–H and O–H groups in total. The molecule has 0 saturated carbocycles. The Morgan fingerprint density at radius 2 is 2.30 bits per heavy atom. The van der Waals surface area contributed by atoms with Crippen LogP contribution in [0.4, 0.5) is 0 Å². The number of ether oxygens (including phenoxy) is 1. The third kappa shape index (κ3) is 3.77. The fourth-order valence-electron chi connectivity index (χ4n) is 3.04. The molecule has 2 rings (SSSR count). The van der Waals surface area contributed by atoms with Gasteiger partial charge in [-0.2, -0.15) is 16.9 Å². The maximum absolute atomic E-state index is 5.15. The Hall–Kier alpha value is -0.520. The monoisotopic (exact) mass is 297 g/mol. The van der Waals surface area contributed by atoms with Crippen LogP contribution in [-0.4, -0.2) is 41.0 Å². The van der Waals surface area contributed by atoms with Crippen LogP contribution in [0.25, 0.3) is 0 Å². The fraction of sp³-hybridized carbons (Fsp3) is 0.800. The molecule has 0 aromatic carbocycles. The number of aromatic nitrogens is 2. The number of rotatable bonds is 6. The Balaban J connectivity index is 2.04. The second kappa shape index (κ2) is 7.48. The normalized spacial score (nSPS) is 21.1. The Labute approximate surface area is 126 Å². The number of hydrogen-bond donors (Lipinski definition) is 1. The van der Waals surface area contributed by atoms with Gasteiger partial charge in [0.15, 0.2) is 0 Å². The van der Waals surface area contributed by atoms with Gasteiger partial charge in [-0.1, -0.05) is 0 Å². The van der Waals surface area contributed by atoms with Crippen LogP contribution in [0.2, 0.25) is 0 Å². The molecule has 4 nitrogen and oxygen atoms in total. The van der Waals surface area contributed by atoms with Crippen LogP contribution >= 0.6 is 11.8 Å². The molecule has 0 amide bonds. The second-order valence-corrected chi connectivity index (χ2v) is 6.75. The number of methoxy groups -OCH3 is 1. The summed E-state index contributed by atoms with van der Waals surface area (Å²) >= 11 is 2.07. The van der Waals surface area contributed by atoms with Gasteiger partial charge in [0.2, 0.25) is 0 Å². The van der Waals surface area contributed by atoms with Gasteiger partial charge in [0.25, 0.3) is 0 Å². The van der Waals surface area contributed by atoms with E-state index in [1.165, 1.54) is 35.6 Å². The van der Waals surface area contributed by atoms with E-state index in [2.05, 4.69) is 47.6 Å².